The van der Waals surface area contributed by atoms with Crippen LogP contribution in [0.25, 0.3) is 0 Å². The molecule has 0 amide bonds. The molecule has 0 fully saturated rings. The van der Waals surface area contributed by atoms with Crippen molar-refractivity contribution in [2.24, 2.45) is 5.92 Å². The quantitative estimate of drug-likeness (QED) is 0.614. The van der Waals surface area contributed by atoms with Crippen LogP contribution in [0.3, 0.4) is 0 Å². The first-order valence-electron chi connectivity index (χ1n) is 5.79. The summed E-state index contributed by atoms with van der Waals surface area (Å²) in [6.07, 6.45) is 0. The lowest BCUT2D eigenvalue weighted by molar-refractivity contribution is -0.385. The van der Waals surface area contributed by atoms with Gasteiger partial charge in [-0.05, 0) is 5.92 Å². The molecule has 0 heterocycles. The summed E-state index contributed by atoms with van der Waals surface area (Å²) in [4.78, 5) is 21.0. The fraction of sp³-hybridized carbons (Fsp3) is 0.417. The minimum absolute atomic E-state index is 0.146. The van der Waals surface area contributed by atoms with Crippen molar-refractivity contribution in [3.05, 3.63) is 28.1 Å². The van der Waals surface area contributed by atoms with Crippen molar-refractivity contribution < 1.29 is 24.0 Å². The van der Waals surface area contributed by atoms with Crippen LogP contribution in [0.2, 0.25) is 0 Å². The first-order valence-corrected chi connectivity index (χ1v) is 5.79. The topological polar surface area (TPSA) is 102 Å². The molecule has 0 saturated heterocycles. The molecule has 0 aliphatic carbocycles. The molecule has 2 N–H and O–H groups in total. The second kappa shape index (κ2) is 6.18. The molecule has 110 valence electrons. The molecule has 1 aromatic carbocycles. The van der Waals surface area contributed by atoms with E-state index >= 15 is 0 Å². The maximum atomic E-state index is 13.8. The number of aliphatic carboxylic acids is 1. The Morgan fingerprint density at radius 1 is 1.50 bits per heavy atom. The van der Waals surface area contributed by atoms with Gasteiger partial charge in [0.25, 0.3) is 0 Å². The minimum atomic E-state index is -1.14. The molecular weight excluding hydrogens is 271 g/mol. The van der Waals surface area contributed by atoms with E-state index in [0.717, 1.165) is 6.07 Å². The van der Waals surface area contributed by atoms with Crippen LogP contribution in [-0.2, 0) is 4.79 Å². The highest BCUT2D eigenvalue weighted by Gasteiger charge is 2.25. The molecular formula is C12H15FN2O5. The first kappa shape index (κ1) is 15.7. The largest absolute Gasteiger partial charge is 0.490 e. The Labute approximate surface area is 114 Å². The van der Waals surface area contributed by atoms with E-state index < -0.39 is 28.4 Å². The van der Waals surface area contributed by atoms with Gasteiger partial charge in [-0.15, -0.1) is 0 Å². The molecule has 1 rings (SSSR count). The van der Waals surface area contributed by atoms with Crippen LogP contribution in [0.5, 0.6) is 5.75 Å². The summed E-state index contributed by atoms with van der Waals surface area (Å²) in [6.45, 7) is 3.32. The third kappa shape index (κ3) is 3.34. The van der Waals surface area contributed by atoms with Gasteiger partial charge in [-0.3, -0.25) is 10.1 Å². The zero-order chi connectivity index (χ0) is 15.4. The van der Waals surface area contributed by atoms with E-state index in [4.69, 9.17) is 9.84 Å². The number of carboxylic acid groups (broad SMARTS) is 1. The van der Waals surface area contributed by atoms with Gasteiger partial charge in [-0.25, -0.2) is 9.18 Å². The van der Waals surface area contributed by atoms with Crippen LogP contribution in [-0.4, -0.2) is 29.2 Å². The lowest BCUT2D eigenvalue weighted by Crippen LogP contribution is -2.34. The second-order valence-electron chi connectivity index (χ2n) is 4.47. The third-order valence-corrected chi connectivity index (χ3v) is 2.71. The number of nitro groups is 1. The Kier molecular flexibility index (Phi) is 4.84. The van der Waals surface area contributed by atoms with Crippen LogP contribution in [0.1, 0.15) is 13.8 Å². The summed E-state index contributed by atoms with van der Waals surface area (Å²) in [5, 5.41) is 22.3. The molecule has 7 nitrogen and oxygen atoms in total. The number of carboxylic acids is 1. The highest BCUT2D eigenvalue weighted by atomic mass is 19.1. The standard InChI is InChI=1S/C12H15FN2O5/c1-6(2)11(12(16)17)14-8-5-10(20-3)9(15(18)19)4-7(8)13/h4-6,11,14H,1-3H3,(H,16,17). The van der Waals surface area contributed by atoms with Gasteiger partial charge in [0.05, 0.1) is 23.8 Å². The van der Waals surface area contributed by atoms with Gasteiger partial charge in [-0.2, -0.15) is 0 Å². The van der Waals surface area contributed by atoms with Crippen molar-refractivity contribution >= 4 is 17.3 Å². The summed E-state index contributed by atoms with van der Waals surface area (Å²) in [7, 11) is 1.21. The highest BCUT2D eigenvalue weighted by Crippen LogP contribution is 2.32. The molecule has 20 heavy (non-hydrogen) atoms. The summed E-state index contributed by atoms with van der Waals surface area (Å²) in [5.41, 5.74) is -0.680. The van der Waals surface area contributed by atoms with Gasteiger partial charge in [0.15, 0.2) is 11.6 Å². The number of anilines is 1. The summed E-state index contributed by atoms with van der Waals surface area (Å²) in [6, 6.07) is 0.752. The average molecular weight is 286 g/mol. The van der Waals surface area contributed by atoms with Gasteiger partial charge in [0.1, 0.15) is 6.04 Å². The molecule has 8 heteroatoms. The third-order valence-electron chi connectivity index (χ3n) is 2.71. The molecule has 0 aromatic heterocycles. The smallest absolute Gasteiger partial charge is 0.326 e. The van der Waals surface area contributed by atoms with Crippen molar-refractivity contribution in [3.63, 3.8) is 0 Å². The number of hydrogen-bond donors (Lipinski definition) is 2. The number of rotatable bonds is 6. The van der Waals surface area contributed by atoms with Crippen LogP contribution in [0, 0.1) is 21.8 Å². The molecule has 0 bridgehead atoms. The number of methoxy groups -OCH3 is 1. The van der Waals surface area contributed by atoms with Crippen molar-refractivity contribution in [3.8, 4) is 5.75 Å². The fourth-order valence-electron chi connectivity index (χ4n) is 1.64. The van der Waals surface area contributed by atoms with Gasteiger partial charge >= 0.3 is 11.7 Å². The van der Waals surface area contributed by atoms with Gasteiger partial charge in [-0.1, -0.05) is 13.8 Å². The van der Waals surface area contributed by atoms with E-state index in [1.165, 1.54) is 7.11 Å². The van der Waals surface area contributed by atoms with Crippen LogP contribution in [0.15, 0.2) is 12.1 Å². The molecule has 0 spiro atoms. The Morgan fingerprint density at radius 2 is 2.10 bits per heavy atom. The number of halogens is 1. The Morgan fingerprint density at radius 3 is 2.50 bits per heavy atom. The normalized spacial score (nSPS) is 12.1. The van der Waals surface area contributed by atoms with E-state index in [1.807, 2.05) is 0 Å². The molecule has 0 aliphatic rings. The molecule has 0 aliphatic heterocycles. The number of nitro benzene ring substituents is 1. The van der Waals surface area contributed by atoms with Crippen LogP contribution in [0.4, 0.5) is 15.8 Å². The Balaban J connectivity index is 3.19. The summed E-state index contributed by atoms with van der Waals surface area (Å²) in [5.74, 6) is -2.50. The van der Waals surface area contributed by atoms with Crippen molar-refractivity contribution in [1.29, 1.82) is 0 Å². The van der Waals surface area contributed by atoms with E-state index in [9.17, 15) is 19.3 Å². The molecule has 0 saturated carbocycles. The van der Waals surface area contributed by atoms with Crippen molar-refractivity contribution in [2.75, 3.05) is 12.4 Å². The van der Waals surface area contributed by atoms with E-state index in [1.54, 1.807) is 13.8 Å². The van der Waals surface area contributed by atoms with E-state index in [-0.39, 0.29) is 17.4 Å². The first-order chi connectivity index (χ1) is 9.27. The number of carbonyl (C=O) groups is 1. The van der Waals surface area contributed by atoms with E-state index in [0.29, 0.717) is 6.07 Å². The van der Waals surface area contributed by atoms with Crippen LogP contribution < -0.4 is 10.1 Å². The highest BCUT2D eigenvalue weighted by molar-refractivity contribution is 5.78. The molecule has 1 atom stereocenters. The number of ether oxygens (including phenoxy) is 1. The number of nitrogens with zero attached hydrogens (tertiary/aromatic N) is 1. The predicted octanol–water partition coefficient (Wildman–Crippen LogP) is 2.26. The van der Waals surface area contributed by atoms with Gasteiger partial charge in [0, 0.05) is 6.07 Å². The van der Waals surface area contributed by atoms with Gasteiger partial charge in [0.2, 0.25) is 0 Å². The van der Waals surface area contributed by atoms with Crippen molar-refractivity contribution in [1.82, 2.24) is 0 Å². The van der Waals surface area contributed by atoms with Gasteiger partial charge < -0.3 is 15.2 Å². The lowest BCUT2D eigenvalue weighted by atomic mass is 10.0. The lowest BCUT2D eigenvalue weighted by Gasteiger charge is -2.19. The minimum Gasteiger partial charge on any atom is -0.490 e. The summed E-state index contributed by atoms with van der Waals surface area (Å²) >= 11 is 0. The zero-order valence-corrected chi connectivity index (χ0v) is 11.2. The van der Waals surface area contributed by atoms with Crippen LogP contribution >= 0.6 is 0 Å². The molecule has 1 aromatic rings. The van der Waals surface area contributed by atoms with E-state index in [2.05, 4.69) is 5.32 Å². The number of hydrogen-bond acceptors (Lipinski definition) is 5. The molecule has 1 unspecified atom stereocenters. The monoisotopic (exact) mass is 286 g/mol. The predicted molar refractivity (Wildman–Crippen MR) is 69.5 cm³/mol. The Bertz CT molecular complexity index is 533. The number of nitrogens with one attached hydrogen (secondary N) is 1. The molecule has 0 radical (unpaired) electrons. The maximum Gasteiger partial charge on any atom is 0.326 e. The second-order valence-corrected chi connectivity index (χ2v) is 4.47. The maximum absolute atomic E-state index is 13.8. The Hall–Kier alpha value is -2.38. The van der Waals surface area contributed by atoms with Crippen molar-refractivity contribution in [2.45, 2.75) is 19.9 Å². The zero-order valence-electron chi connectivity index (χ0n) is 11.2. The average Bonchev–Trinajstić information content (AvgIpc) is 2.35. The number of benzene rings is 1. The fourth-order valence-corrected chi connectivity index (χ4v) is 1.64. The summed E-state index contributed by atoms with van der Waals surface area (Å²) < 4.78 is 18.6. The SMILES string of the molecule is COc1cc(NC(C(=O)O)C(C)C)c(F)cc1[N+](=O)[O-].